The summed E-state index contributed by atoms with van der Waals surface area (Å²) in [6.45, 7) is 0. The Labute approximate surface area is 107 Å². The summed E-state index contributed by atoms with van der Waals surface area (Å²) in [5, 5.41) is 0. The van der Waals surface area contributed by atoms with E-state index in [9.17, 15) is 4.79 Å². The van der Waals surface area contributed by atoms with Crippen LogP contribution < -0.4 is 0 Å². The zero-order chi connectivity index (χ0) is 12.6. The Bertz CT molecular complexity index is 505. The molecule has 2 aromatic carbocycles. The molecule has 0 aliphatic carbocycles. The molecule has 2 heteroatoms. The van der Waals surface area contributed by atoms with Crippen molar-refractivity contribution in [3.8, 4) is 0 Å². The van der Waals surface area contributed by atoms with E-state index < -0.39 is 0 Å². The quantitative estimate of drug-likeness (QED) is 0.580. The highest BCUT2D eigenvalue weighted by atomic mass is 16.1. The maximum Gasteiger partial charge on any atom is 0.144 e. The number of hydrogen-bond donors (Lipinski definition) is 0. The maximum absolute atomic E-state index is 11.0. The fourth-order valence-electron chi connectivity index (χ4n) is 1.71. The fourth-order valence-corrected chi connectivity index (χ4v) is 1.71. The molecule has 2 aromatic rings. The van der Waals surface area contributed by atoms with Gasteiger partial charge in [-0.3, -0.25) is 4.99 Å². The standard InChI is InChI=1S/C16H15NO/c18-13-16(11-14-7-3-1-4-8-14)17-12-15-9-5-2-6-10-15/h1-10,12-13,16H,11H2/b17-12+/t16-/m1/s1. The van der Waals surface area contributed by atoms with Crippen LogP contribution in [0.2, 0.25) is 0 Å². The van der Waals surface area contributed by atoms with Gasteiger partial charge in [0.2, 0.25) is 0 Å². The molecule has 0 aliphatic rings. The van der Waals surface area contributed by atoms with Crippen LogP contribution in [-0.4, -0.2) is 18.5 Å². The zero-order valence-electron chi connectivity index (χ0n) is 10.1. The lowest BCUT2D eigenvalue weighted by atomic mass is 10.1. The van der Waals surface area contributed by atoms with Gasteiger partial charge in [-0.2, -0.15) is 0 Å². The van der Waals surface area contributed by atoms with E-state index in [4.69, 9.17) is 0 Å². The number of nitrogens with zero attached hydrogens (tertiary/aromatic N) is 1. The van der Waals surface area contributed by atoms with Crippen molar-refractivity contribution in [1.29, 1.82) is 0 Å². The summed E-state index contributed by atoms with van der Waals surface area (Å²) >= 11 is 0. The molecule has 18 heavy (non-hydrogen) atoms. The normalized spacial score (nSPS) is 12.4. The summed E-state index contributed by atoms with van der Waals surface area (Å²) in [6.07, 6.45) is 3.29. The second-order valence-corrected chi connectivity index (χ2v) is 4.08. The lowest BCUT2D eigenvalue weighted by Crippen LogP contribution is -2.10. The summed E-state index contributed by atoms with van der Waals surface area (Å²) in [5.41, 5.74) is 2.14. The van der Waals surface area contributed by atoms with Crippen molar-refractivity contribution in [2.75, 3.05) is 0 Å². The summed E-state index contributed by atoms with van der Waals surface area (Å²) in [4.78, 5) is 15.3. The molecule has 0 heterocycles. The molecule has 2 nitrogen and oxygen atoms in total. The van der Waals surface area contributed by atoms with Gasteiger partial charge in [0.1, 0.15) is 12.3 Å². The molecule has 0 radical (unpaired) electrons. The van der Waals surface area contributed by atoms with Crippen LogP contribution in [0.25, 0.3) is 0 Å². The van der Waals surface area contributed by atoms with E-state index in [2.05, 4.69) is 4.99 Å². The van der Waals surface area contributed by atoms with Crippen LogP contribution in [0.5, 0.6) is 0 Å². The molecule has 0 bridgehead atoms. The van der Waals surface area contributed by atoms with Crippen molar-refractivity contribution in [2.45, 2.75) is 12.5 Å². The Morgan fingerprint density at radius 1 is 0.944 bits per heavy atom. The number of rotatable bonds is 5. The largest absolute Gasteiger partial charge is 0.301 e. The van der Waals surface area contributed by atoms with E-state index in [1.165, 1.54) is 0 Å². The van der Waals surface area contributed by atoms with Crippen LogP contribution in [0, 0.1) is 0 Å². The third-order valence-electron chi connectivity index (χ3n) is 2.66. The molecular formula is C16H15NO. The first kappa shape index (κ1) is 12.2. The average molecular weight is 237 g/mol. The summed E-state index contributed by atoms with van der Waals surface area (Å²) in [6, 6.07) is 19.4. The number of aldehydes is 1. The SMILES string of the molecule is O=C[C@@H](Cc1ccccc1)/N=C/c1ccccc1. The van der Waals surface area contributed by atoms with Crippen LogP contribution in [0.15, 0.2) is 65.7 Å². The van der Waals surface area contributed by atoms with Crippen LogP contribution in [0.4, 0.5) is 0 Å². The Balaban J connectivity index is 2.02. The van der Waals surface area contributed by atoms with E-state index in [-0.39, 0.29) is 6.04 Å². The first-order valence-electron chi connectivity index (χ1n) is 5.96. The van der Waals surface area contributed by atoms with Gasteiger partial charge in [0.25, 0.3) is 0 Å². The molecule has 0 saturated heterocycles. The first-order chi connectivity index (χ1) is 8.88. The molecule has 0 fully saturated rings. The van der Waals surface area contributed by atoms with E-state index in [0.717, 1.165) is 17.4 Å². The number of aliphatic imine (C=N–C) groups is 1. The van der Waals surface area contributed by atoms with Crippen molar-refractivity contribution in [2.24, 2.45) is 4.99 Å². The van der Waals surface area contributed by atoms with Gasteiger partial charge in [0, 0.05) is 12.6 Å². The molecule has 0 amide bonds. The number of carbonyl (C=O) groups is 1. The van der Waals surface area contributed by atoms with Crippen molar-refractivity contribution in [1.82, 2.24) is 0 Å². The fraction of sp³-hybridized carbons (Fsp3) is 0.125. The van der Waals surface area contributed by atoms with Gasteiger partial charge in [-0.1, -0.05) is 60.7 Å². The molecular weight excluding hydrogens is 222 g/mol. The Kier molecular flexibility index (Phi) is 4.42. The van der Waals surface area contributed by atoms with E-state index in [0.29, 0.717) is 6.42 Å². The summed E-state index contributed by atoms with van der Waals surface area (Å²) < 4.78 is 0. The molecule has 1 atom stereocenters. The van der Waals surface area contributed by atoms with Crippen LogP contribution >= 0.6 is 0 Å². The highest BCUT2D eigenvalue weighted by Crippen LogP contribution is 2.05. The predicted molar refractivity (Wildman–Crippen MR) is 74.0 cm³/mol. The van der Waals surface area contributed by atoms with Crippen LogP contribution in [0.1, 0.15) is 11.1 Å². The zero-order valence-corrected chi connectivity index (χ0v) is 10.1. The van der Waals surface area contributed by atoms with Crippen LogP contribution in [0.3, 0.4) is 0 Å². The molecule has 0 spiro atoms. The predicted octanol–water partition coefficient (Wildman–Crippen LogP) is 2.92. The van der Waals surface area contributed by atoms with Gasteiger partial charge in [-0.25, -0.2) is 0 Å². The molecule has 0 saturated carbocycles. The minimum Gasteiger partial charge on any atom is -0.301 e. The monoisotopic (exact) mass is 237 g/mol. The highest BCUT2D eigenvalue weighted by molar-refractivity contribution is 5.81. The molecule has 0 unspecified atom stereocenters. The minimum atomic E-state index is -0.312. The summed E-state index contributed by atoms with van der Waals surface area (Å²) in [5.74, 6) is 0. The van der Waals surface area contributed by atoms with Crippen molar-refractivity contribution < 1.29 is 4.79 Å². The van der Waals surface area contributed by atoms with Gasteiger partial charge < -0.3 is 4.79 Å². The molecule has 90 valence electrons. The summed E-state index contributed by atoms with van der Waals surface area (Å²) in [7, 11) is 0. The lowest BCUT2D eigenvalue weighted by molar-refractivity contribution is -0.108. The van der Waals surface area contributed by atoms with E-state index >= 15 is 0 Å². The first-order valence-corrected chi connectivity index (χ1v) is 5.96. The van der Waals surface area contributed by atoms with Crippen molar-refractivity contribution in [3.63, 3.8) is 0 Å². The van der Waals surface area contributed by atoms with Gasteiger partial charge in [-0.15, -0.1) is 0 Å². The number of carbonyl (C=O) groups excluding carboxylic acids is 1. The smallest absolute Gasteiger partial charge is 0.144 e. The molecule has 0 N–H and O–H groups in total. The molecule has 2 rings (SSSR count). The number of hydrogen-bond acceptors (Lipinski definition) is 2. The minimum absolute atomic E-state index is 0.312. The Morgan fingerprint density at radius 2 is 1.56 bits per heavy atom. The lowest BCUT2D eigenvalue weighted by Gasteiger charge is -2.04. The van der Waals surface area contributed by atoms with Crippen molar-refractivity contribution in [3.05, 3.63) is 71.8 Å². The van der Waals surface area contributed by atoms with Crippen LogP contribution in [-0.2, 0) is 11.2 Å². The van der Waals surface area contributed by atoms with E-state index in [1.54, 1.807) is 6.21 Å². The van der Waals surface area contributed by atoms with E-state index in [1.807, 2.05) is 60.7 Å². The van der Waals surface area contributed by atoms with Gasteiger partial charge in [0.15, 0.2) is 0 Å². The number of benzene rings is 2. The third kappa shape index (κ3) is 3.67. The topological polar surface area (TPSA) is 29.4 Å². The second-order valence-electron chi connectivity index (χ2n) is 4.08. The average Bonchev–Trinajstić information content (AvgIpc) is 2.45. The highest BCUT2D eigenvalue weighted by Gasteiger charge is 2.04. The maximum atomic E-state index is 11.0. The third-order valence-corrected chi connectivity index (χ3v) is 2.66. The Hall–Kier alpha value is -2.22. The Morgan fingerprint density at radius 3 is 2.17 bits per heavy atom. The van der Waals surface area contributed by atoms with Crippen molar-refractivity contribution >= 4 is 12.5 Å². The molecule has 0 aromatic heterocycles. The van der Waals surface area contributed by atoms with Gasteiger partial charge in [0.05, 0.1) is 0 Å². The van der Waals surface area contributed by atoms with Gasteiger partial charge in [-0.05, 0) is 11.1 Å². The van der Waals surface area contributed by atoms with Gasteiger partial charge >= 0.3 is 0 Å². The molecule has 0 aliphatic heterocycles. The second kappa shape index (κ2) is 6.50.